The molecule has 0 amide bonds. The molecule has 0 spiro atoms. The molecule has 0 heterocycles. The molecule has 0 aromatic rings. The Labute approximate surface area is 64.4 Å². The Hall–Kier alpha value is -0.640. The zero-order valence-electron chi connectivity index (χ0n) is 6.22. The molecular weight excluding hydrogens is 149 g/mol. The number of carbonyl (C=O) groups is 1. The molecule has 0 aromatic heterocycles. The van der Waals surface area contributed by atoms with Crippen LogP contribution in [0.5, 0.6) is 0 Å². The smallest absolute Gasteiger partial charge is 0.303 e. The summed E-state index contributed by atoms with van der Waals surface area (Å²) in [6.45, 7) is 0.128. The Morgan fingerprint density at radius 3 is 2.55 bits per heavy atom. The third-order valence-electron chi connectivity index (χ3n) is 2.16. The predicted molar refractivity (Wildman–Crippen MR) is 37.9 cm³/mol. The fourth-order valence-electron chi connectivity index (χ4n) is 1.22. The van der Waals surface area contributed by atoms with E-state index in [1.54, 1.807) is 0 Å². The van der Waals surface area contributed by atoms with Crippen LogP contribution < -0.4 is 5.73 Å². The number of alkyl halides is 1. The van der Waals surface area contributed by atoms with Crippen LogP contribution in [0, 0.1) is 5.92 Å². The van der Waals surface area contributed by atoms with Gasteiger partial charge in [0.15, 0.2) is 0 Å². The van der Waals surface area contributed by atoms with Crippen molar-refractivity contribution in [1.29, 1.82) is 0 Å². The number of hydrogen-bond acceptors (Lipinski definition) is 2. The average molecular weight is 161 g/mol. The summed E-state index contributed by atoms with van der Waals surface area (Å²) in [4.78, 5) is 10.2. The van der Waals surface area contributed by atoms with Gasteiger partial charge in [-0.2, -0.15) is 0 Å². The monoisotopic (exact) mass is 161 g/mol. The fraction of sp³-hybridized carbons (Fsp3) is 0.857. The lowest BCUT2D eigenvalue weighted by atomic mass is 9.98. The summed E-state index contributed by atoms with van der Waals surface area (Å²) in [5, 5.41) is 8.38. The maximum atomic E-state index is 13.2. The van der Waals surface area contributed by atoms with Crippen LogP contribution in [0.2, 0.25) is 0 Å². The van der Waals surface area contributed by atoms with E-state index in [2.05, 4.69) is 0 Å². The van der Waals surface area contributed by atoms with E-state index in [1.165, 1.54) is 0 Å². The summed E-state index contributed by atoms with van der Waals surface area (Å²) in [5.41, 5.74) is 3.99. The van der Waals surface area contributed by atoms with Gasteiger partial charge in [-0.3, -0.25) is 4.79 Å². The number of aliphatic carboxylic acids is 1. The van der Waals surface area contributed by atoms with Gasteiger partial charge < -0.3 is 10.8 Å². The van der Waals surface area contributed by atoms with Crippen molar-refractivity contribution in [3.63, 3.8) is 0 Å². The van der Waals surface area contributed by atoms with Crippen molar-refractivity contribution >= 4 is 5.97 Å². The second-order valence-corrected chi connectivity index (χ2v) is 3.07. The summed E-state index contributed by atoms with van der Waals surface area (Å²) in [7, 11) is 0. The zero-order chi connectivity index (χ0) is 8.48. The minimum Gasteiger partial charge on any atom is -0.481 e. The lowest BCUT2D eigenvalue weighted by Gasteiger charge is -2.15. The van der Waals surface area contributed by atoms with Crippen molar-refractivity contribution in [1.82, 2.24) is 0 Å². The van der Waals surface area contributed by atoms with Crippen molar-refractivity contribution in [2.45, 2.75) is 24.9 Å². The molecule has 11 heavy (non-hydrogen) atoms. The quantitative estimate of drug-likeness (QED) is 0.632. The van der Waals surface area contributed by atoms with Crippen molar-refractivity contribution in [3.05, 3.63) is 0 Å². The van der Waals surface area contributed by atoms with Gasteiger partial charge in [0.25, 0.3) is 0 Å². The molecular formula is C7H12FNO2. The van der Waals surface area contributed by atoms with Crippen molar-refractivity contribution in [2.75, 3.05) is 6.54 Å². The first kappa shape index (κ1) is 8.46. The molecule has 1 atom stereocenters. The van der Waals surface area contributed by atoms with Crippen molar-refractivity contribution < 1.29 is 14.3 Å². The molecule has 4 heteroatoms. The lowest BCUT2D eigenvalue weighted by Crippen LogP contribution is -2.28. The highest BCUT2D eigenvalue weighted by atomic mass is 19.1. The third kappa shape index (κ3) is 1.89. The highest BCUT2D eigenvalue weighted by molar-refractivity contribution is 5.67. The Kier molecular flexibility index (Phi) is 2.13. The second-order valence-electron chi connectivity index (χ2n) is 3.07. The third-order valence-corrected chi connectivity index (χ3v) is 2.16. The SMILES string of the molecule is NCC(CC(=O)O)C1(F)CC1. The van der Waals surface area contributed by atoms with Crippen LogP contribution >= 0.6 is 0 Å². The topological polar surface area (TPSA) is 63.3 Å². The number of nitrogens with two attached hydrogens (primary N) is 1. The average Bonchev–Trinajstić information content (AvgIpc) is 2.63. The summed E-state index contributed by atoms with van der Waals surface area (Å²) >= 11 is 0. The Morgan fingerprint density at radius 1 is 1.73 bits per heavy atom. The molecule has 1 rings (SSSR count). The van der Waals surface area contributed by atoms with E-state index in [1.807, 2.05) is 0 Å². The number of carboxylic acid groups (broad SMARTS) is 1. The molecule has 1 aliphatic carbocycles. The van der Waals surface area contributed by atoms with E-state index in [4.69, 9.17) is 10.8 Å². The molecule has 1 aliphatic rings. The molecule has 3 nitrogen and oxygen atoms in total. The molecule has 0 saturated heterocycles. The largest absolute Gasteiger partial charge is 0.481 e. The van der Waals surface area contributed by atoms with Crippen molar-refractivity contribution in [2.24, 2.45) is 11.7 Å². The minimum absolute atomic E-state index is 0.128. The summed E-state index contributed by atoms with van der Waals surface area (Å²) in [5.74, 6) is -1.45. The molecule has 1 unspecified atom stereocenters. The van der Waals surface area contributed by atoms with Gasteiger partial charge in [0.2, 0.25) is 0 Å². The van der Waals surface area contributed by atoms with Gasteiger partial charge in [-0.05, 0) is 19.4 Å². The zero-order valence-corrected chi connectivity index (χ0v) is 6.22. The minimum atomic E-state index is -1.26. The van der Waals surface area contributed by atoms with E-state index in [9.17, 15) is 9.18 Å². The van der Waals surface area contributed by atoms with Gasteiger partial charge in [-0.25, -0.2) is 4.39 Å². The van der Waals surface area contributed by atoms with Crippen LogP contribution in [0.1, 0.15) is 19.3 Å². The summed E-state index contributed by atoms with van der Waals surface area (Å²) < 4.78 is 13.2. The van der Waals surface area contributed by atoms with Gasteiger partial charge in [0.1, 0.15) is 5.67 Å². The highest BCUT2D eigenvalue weighted by Crippen LogP contribution is 2.47. The normalized spacial score (nSPS) is 22.7. The lowest BCUT2D eigenvalue weighted by molar-refractivity contribution is -0.138. The summed E-state index contributed by atoms with van der Waals surface area (Å²) in [6.07, 6.45) is 0.803. The number of rotatable bonds is 4. The molecule has 0 aromatic carbocycles. The highest BCUT2D eigenvalue weighted by Gasteiger charge is 2.50. The van der Waals surface area contributed by atoms with E-state index in [0.717, 1.165) is 0 Å². The first-order valence-corrected chi connectivity index (χ1v) is 3.69. The summed E-state index contributed by atoms with van der Waals surface area (Å²) in [6, 6.07) is 0. The van der Waals surface area contributed by atoms with Crippen LogP contribution in [0.15, 0.2) is 0 Å². The van der Waals surface area contributed by atoms with Gasteiger partial charge in [0, 0.05) is 5.92 Å². The van der Waals surface area contributed by atoms with Crippen LogP contribution in [0.25, 0.3) is 0 Å². The van der Waals surface area contributed by atoms with Gasteiger partial charge in [-0.15, -0.1) is 0 Å². The van der Waals surface area contributed by atoms with Crippen LogP contribution in [0.3, 0.4) is 0 Å². The standard InChI is InChI=1S/C7H12FNO2/c8-7(1-2-7)5(4-9)3-6(10)11/h5H,1-4,9H2,(H,10,11). The molecule has 0 aliphatic heterocycles. The number of hydrogen-bond donors (Lipinski definition) is 2. The van der Waals surface area contributed by atoms with Gasteiger partial charge in [0.05, 0.1) is 6.42 Å². The van der Waals surface area contributed by atoms with E-state index in [-0.39, 0.29) is 13.0 Å². The molecule has 1 saturated carbocycles. The van der Waals surface area contributed by atoms with E-state index in [0.29, 0.717) is 12.8 Å². The Bertz CT molecular complexity index is 168. The fourth-order valence-corrected chi connectivity index (χ4v) is 1.22. The van der Waals surface area contributed by atoms with Crippen LogP contribution in [-0.4, -0.2) is 23.3 Å². The van der Waals surface area contributed by atoms with E-state index >= 15 is 0 Å². The predicted octanol–water partition coefficient (Wildman–Crippen LogP) is 0.538. The van der Waals surface area contributed by atoms with Crippen molar-refractivity contribution in [3.8, 4) is 0 Å². The number of carboxylic acids is 1. The first-order chi connectivity index (χ1) is 5.08. The van der Waals surface area contributed by atoms with Crippen LogP contribution in [0.4, 0.5) is 4.39 Å². The molecule has 0 bridgehead atoms. The van der Waals surface area contributed by atoms with Crippen LogP contribution in [-0.2, 0) is 4.79 Å². The van der Waals surface area contributed by atoms with E-state index < -0.39 is 17.6 Å². The molecule has 1 fully saturated rings. The Balaban J connectivity index is 2.43. The molecule has 64 valence electrons. The maximum Gasteiger partial charge on any atom is 0.303 e. The Morgan fingerprint density at radius 2 is 2.27 bits per heavy atom. The maximum absolute atomic E-state index is 13.2. The number of halogens is 1. The van der Waals surface area contributed by atoms with Gasteiger partial charge >= 0.3 is 5.97 Å². The molecule has 0 radical (unpaired) electrons. The molecule has 3 N–H and O–H groups in total. The second kappa shape index (κ2) is 2.77. The van der Waals surface area contributed by atoms with Gasteiger partial charge in [-0.1, -0.05) is 0 Å². The first-order valence-electron chi connectivity index (χ1n) is 3.69.